The molecule has 0 bridgehead atoms. The summed E-state index contributed by atoms with van der Waals surface area (Å²) in [5, 5.41) is 6.83. The lowest BCUT2D eigenvalue weighted by molar-refractivity contribution is -0.750. The lowest BCUT2D eigenvalue weighted by Crippen LogP contribution is -2.40. The lowest BCUT2D eigenvalue weighted by atomic mass is 10.3. The highest BCUT2D eigenvalue weighted by atomic mass is 31.2. The summed E-state index contributed by atoms with van der Waals surface area (Å²) in [6.45, 7) is 7.05. The smallest absolute Gasteiger partial charge is 0.337 e. The van der Waals surface area contributed by atoms with Gasteiger partial charge in [0.05, 0.1) is 18.8 Å². The molecule has 1 amide bonds. The molecule has 1 aromatic rings. The van der Waals surface area contributed by atoms with Gasteiger partial charge in [-0.3, -0.25) is 9.36 Å². The van der Waals surface area contributed by atoms with Gasteiger partial charge in [0.2, 0.25) is 0 Å². The van der Waals surface area contributed by atoms with Gasteiger partial charge in [-0.1, -0.05) is 4.68 Å². The van der Waals surface area contributed by atoms with Crippen LogP contribution in [0.4, 0.5) is 0 Å². The largest absolute Gasteiger partial charge is 0.352 e. The molecule has 1 N–H and O–H groups in total. The van der Waals surface area contributed by atoms with Crippen molar-refractivity contribution in [2.24, 2.45) is 0 Å². The second-order valence-electron chi connectivity index (χ2n) is 4.21. The van der Waals surface area contributed by atoms with Crippen molar-refractivity contribution in [3.8, 4) is 0 Å². The summed E-state index contributed by atoms with van der Waals surface area (Å²) >= 11 is 0. The van der Waals surface area contributed by atoms with Crippen molar-refractivity contribution in [2.75, 3.05) is 25.9 Å². The summed E-state index contributed by atoms with van der Waals surface area (Å²) in [6.07, 6.45) is 3.40. The molecule has 0 unspecified atom stereocenters. The Hall–Kier alpha value is -1.30. The summed E-state index contributed by atoms with van der Waals surface area (Å²) in [5.41, 5.74) is 0.492. The highest BCUT2D eigenvalue weighted by Crippen LogP contribution is 2.47. The Morgan fingerprint density at radius 1 is 1.33 bits per heavy atom. The summed E-state index contributed by atoms with van der Waals surface area (Å²) in [4.78, 5) is 11.6. The topological polar surface area (TPSA) is 81.4 Å². The molecule has 1 aromatic heterocycles. The van der Waals surface area contributed by atoms with Gasteiger partial charge in [0, 0.05) is 12.6 Å². The Balaban J connectivity index is 2.63. The van der Waals surface area contributed by atoms with Gasteiger partial charge >= 0.3 is 7.60 Å². The number of aryl methyl sites for hydroxylation is 1. The fraction of sp³-hybridized carbons (Fsp3) is 0.615. The summed E-state index contributed by atoms with van der Waals surface area (Å²) in [6, 6.07) is 1.67. The Morgan fingerprint density at radius 3 is 2.48 bits per heavy atom. The van der Waals surface area contributed by atoms with Crippen LogP contribution in [0.15, 0.2) is 18.5 Å². The number of carbonyl (C=O) groups is 1. The van der Waals surface area contributed by atoms with Crippen LogP contribution in [0, 0.1) is 0 Å². The van der Waals surface area contributed by atoms with Crippen LogP contribution in [0.5, 0.6) is 0 Å². The molecule has 8 heteroatoms. The Morgan fingerprint density at radius 2 is 2.00 bits per heavy atom. The van der Waals surface area contributed by atoms with Crippen molar-refractivity contribution in [1.82, 2.24) is 10.4 Å². The first-order valence-corrected chi connectivity index (χ1v) is 8.79. The van der Waals surface area contributed by atoms with E-state index in [1.807, 2.05) is 6.92 Å². The van der Waals surface area contributed by atoms with E-state index in [0.717, 1.165) is 0 Å². The van der Waals surface area contributed by atoms with E-state index in [9.17, 15) is 9.36 Å². The number of nitrogens with zero attached hydrogens (tertiary/aromatic N) is 2. The van der Waals surface area contributed by atoms with Gasteiger partial charge in [-0.2, -0.15) is 0 Å². The van der Waals surface area contributed by atoms with Crippen LogP contribution in [0.1, 0.15) is 31.1 Å². The second kappa shape index (κ2) is 8.87. The zero-order chi connectivity index (χ0) is 15.7. The molecule has 0 saturated carbocycles. The summed E-state index contributed by atoms with van der Waals surface area (Å²) < 4.78 is 24.3. The molecule has 0 aliphatic rings. The second-order valence-corrected chi connectivity index (χ2v) is 6.39. The van der Waals surface area contributed by atoms with E-state index in [4.69, 9.17) is 9.05 Å². The SMILES string of the molecule is CCNC(=O)c1cc[n+](CCP(=O)(OCC)OCC)nc1. The molecule has 7 nitrogen and oxygen atoms in total. The van der Waals surface area contributed by atoms with Crippen molar-refractivity contribution < 1.29 is 23.1 Å². The van der Waals surface area contributed by atoms with Crippen LogP contribution in [0.25, 0.3) is 0 Å². The van der Waals surface area contributed by atoms with Gasteiger partial charge in [-0.25, -0.2) is 0 Å². The minimum atomic E-state index is -3.07. The van der Waals surface area contributed by atoms with Gasteiger partial charge in [0.1, 0.15) is 12.4 Å². The first-order valence-electron chi connectivity index (χ1n) is 7.06. The van der Waals surface area contributed by atoms with Gasteiger partial charge in [-0.15, -0.1) is 0 Å². The van der Waals surface area contributed by atoms with Crippen LogP contribution in [0.2, 0.25) is 0 Å². The fourth-order valence-electron chi connectivity index (χ4n) is 1.70. The number of rotatable bonds is 9. The number of aromatic nitrogens is 2. The average Bonchev–Trinajstić information content (AvgIpc) is 2.46. The highest BCUT2D eigenvalue weighted by Gasteiger charge is 2.26. The molecule has 0 atom stereocenters. The minimum absolute atomic E-state index is 0.161. The molecule has 21 heavy (non-hydrogen) atoms. The van der Waals surface area contributed by atoms with E-state index in [2.05, 4.69) is 10.4 Å². The first-order chi connectivity index (χ1) is 10.0. The lowest BCUT2D eigenvalue weighted by Gasteiger charge is -2.14. The predicted molar refractivity (Wildman–Crippen MR) is 78.2 cm³/mol. The van der Waals surface area contributed by atoms with Crippen molar-refractivity contribution in [3.63, 3.8) is 0 Å². The zero-order valence-electron chi connectivity index (χ0n) is 12.7. The zero-order valence-corrected chi connectivity index (χ0v) is 13.6. The molecule has 0 spiro atoms. The minimum Gasteiger partial charge on any atom is -0.352 e. The normalized spacial score (nSPS) is 11.4. The number of carbonyl (C=O) groups excluding carboxylic acids is 1. The quantitative estimate of drug-likeness (QED) is 0.550. The first kappa shape index (κ1) is 17.8. The average molecular weight is 316 g/mol. The standard InChI is InChI=1S/C13H22N3O4P/c1-4-14-13(17)12-7-8-16(15-11-12)9-10-21(18,19-5-2)20-6-3/h7-8,11H,4-6,9-10H2,1-3H3/p+1. The predicted octanol–water partition coefficient (Wildman–Crippen LogP) is 1.38. The number of hydrogen-bond acceptors (Lipinski definition) is 5. The van der Waals surface area contributed by atoms with Crippen LogP contribution in [0.3, 0.4) is 0 Å². The van der Waals surface area contributed by atoms with Crippen molar-refractivity contribution in [1.29, 1.82) is 0 Å². The Bertz CT molecular complexity index is 483. The van der Waals surface area contributed by atoms with Crippen molar-refractivity contribution >= 4 is 13.5 Å². The van der Waals surface area contributed by atoms with Crippen LogP contribution in [-0.4, -0.2) is 36.9 Å². The third kappa shape index (κ3) is 5.91. The summed E-state index contributed by atoms with van der Waals surface area (Å²) in [5.74, 6) is -0.161. The van der Waals surface area contributed by atoms with Crippen LogP contribution in [-0.2, 0) is 20.2 Å². The van der Waals surface area contributed by atoms with Gasteiger partial charge in [-0.05, 0) is 25.9 Å². The van der Waals surface area contributed by atoms with E-state index in [0.29, 0.717) is 31.9 Å². The molecule has 0 fully saturated rings. The molecule has 0 aliphatic heterocycles. The molecule has 0 saturated heterocycles. The number of nitrogens with one attached hydrogen (secondary N) is 1. The molecular formula is C13H23N3O4P+. The van der Waals surface area contributed by atoms with E-state index in [-0.39, 0.29) is 12.1 Å². The van der Waals surface area contributed by atoms with E-state index >= 15 is 0 Å². The van der Waals surface area contributed by atoms with Crippen LogP contribution < -0.4 is 10.00 Å². The number of amides is 1. The van der Waals surface area contributed by atoms with E-state index < -0.39 is 7.60 Å². The fourth-order valence-corrected chi connectivity index (χ4v) is 3.27. The molecule has 118 valence electrons. The molecule has 1 heterocycles. The van der Waals surface area contributed by atoms with E-state index in [1.54, 1.807) is 30.8 Å². The maximum Gasteiger partial charge on any atom is 0.337 e. The van der Waals surface area contributed by atoms with Gasteiger partial charge in [0.15, 0.2) is 12.7 Å². The van der Waals surface area contributed by atoms with E-state index in [1.165, 1.54) is 6.20 Å². The molecule has 0 aliphatic carbocycles. The third-order valence-electron chi connectivity index (χ3n) is 2.63. The Labute approximate surface area is 125 Å². The molecule has 0 aromatic carbocycles. The van der Waals surface area contributed by atoms with Gasteiger partial charge in [0.25, 0.3) is 5.91 Å². The molecular weight excluding hydrogens is 293 g/mol. The monoisotopic (exact) mass is 316 g/mol. The maximum absolute atomic E-state index is 12.3. The number of hydrogen-bond donors (Lipinski definition) is 1. The van der Waals surface area contributed by atoms with Crippen LogP contribution >= 0.6 is 7.60 Å². The maximum atomic E-state index is 12.3. The van der Waals surface area contributed by atoms with Gasteiger partial charge < -0.3 is 14.4 Å². The van der Waals surface area contributed by atoms with Crippen molar-refractivity contribution in [3.05, 3.63) is 24.0 Å². The third-order valence-corrected chi connectivity index (χ3v) is 4.68. The summed E-state index contributed by atoms with van der Waals surface area (Å²) in [7, 11) is -3.07. The molecule has 1 rings (SSSR count). The molecule has 0 radical (unpaired) electrons. The Kier molecular flexibility index (Phi) is 7.50. The van der Waals surface area contributed by atoms with Crippen molar-refractivity contribution in [2.45, 2.75) is 27.3 Å². The highest BCUT2D eigenvalue weighted by molar-refractivity contribution is 7.53.